The van der Waals surface area contributed by atoms with Crippen LogP contribution in [0, 0.1) is 0 Å². The molecular weight excluding hydrogens is 412 g/mol. The molecule has 0 radical (unpaired) electrons. The number of hydrogen-bond acceptors (Lipinski definition) is 6. The molecule has 1 heterocycles. The lowest BCUT2D eigenvalue weighted by atomic mass is 10.3. The van der Waals surface area contributed by atoms with Gasteiger partial charge in [-0.15, -0.1) is 0 Å². The average molecular weight is 431 g/mol. The van der Waals surface area contributed by atoms with Crippen LogP contribution < -0.4 is 30.4 Å². The summed E-state index contributed by atoms with van der Waals surface area (Å²) in [5, 5.41) is 5.41. The van der Waals surface area contributed by atoms with Crippen molar-refractivity contribution in [1.29, 1.82) is 0 Å². The van der Waals surface area contributed by atoms with Crippen LogP contribution in [0.25, 0.3) is 5.69 Å². The number of benzene rings is 2. The molecule has 2 aromatic carbocycles. The Hall–Kier alpha value is -3.72. The van der Waals surface area contributed by atoms with Gasteiger partial charge in [0, 0.05) is 36.3 Å². The molecule has 0 saturated carbocycles. The molecule has 0 fully saturated rings. The van der Waals surface area contributed by atoms with Gasteiger partial charge in [-0.2, -0.15) is 0 Å². The van der Waals surface area contributed by atoms with Gasteiger partial charge < -0.3 is 19.5 Å². The molecule has 2 N–H and O–H groups in total. The molecule has 156 valence electrons. The molecule has 30 heavy (non-hydrogen) atoms. The van der Waals surface area contributed by atoms with Gasteiger partial charge in [0.15, 0.2) is 0 Å². The van der Waals surface area contributed by atoms with Crippen molar-refractivity contribution in [2.75, 3.05) is 32.0 Å². The summed E-state index contributed by atoms with van der Waals surface area (Å²) < 4.78 is 16.8. The molecule has 0 aliphatic carbocycles. The zero-order valence-electron chi connectivity index (χ0n) is 16.4. The van der Waals surface area contributed by atoms with Crippen molar-refractivity contribution in [3.05, 3.63) is 64.2 Å². The van der Waals surface area contributed by atoms with Crippen molar-refractivity contribution in [1.82, 2.24) is 9.55 Å². The standard InChI is InChI=1S/C20H19ClN4O5/c1-28-14-8-12(9-15(11-14)29-2)23-20(27)24-18-19(26)25(7-6-22-18)13-4-5-17(30-3)16(21)10-13/h4-11H,1-3H3,(H2,22,23,24,27). The van der Waals surface area contributed by atoms with Gasteiger partial charge in [0.25, 0.3) is 5.56 Å². The summed E-state index contributed by atoms with van der Waals surface area (Å²) in [7, 11) is 4.50. The summed E-state index contributed by atoms with van der Waals surface area (Å²) >= 11 is 6.14. The second-order valence-corrected chi connectivity index (χ2v) is 6.36. The number of nitrogens with one attached hydrogen (secondary N) is 2. The van der Waals surface area contributed by atoms with Crippen LogP contribution in [0.15, 0.2) is 53.6 Å². The highest BCUT2D eigenvalue weighted by Crippen LogP contribution is 2.27. The summed E-state index contributed by atoms with van der Waals surface area (Å²) in [6.45, 7) is 0. The molecule has 1 aromatic heterocycles. The van der Waals surface area contributed by atoms with Gasteiger partial charge in [0.1, 0.15) is 17.2 Å². The van der Waals surface area contributed by atoms with E-state index in [1.807, 2.05) is 0 Å². The number of rotatable bonds is 6. The minimum atomic E-state index is -0.652. The molecule has 10 heteroatoms. The fraction of sp³-hybridized carbons (Fsp3) is 0.150. The SMILES string of the molecule is COc1cc(NC(=O)Nc2nccn(-c3ccc(OC)c(Cl)c3)c2=O)cc(OC)c1. The van der Waals surface area contributed by atoms with Crippen molar-refractivity contribution < 1.29 is 19.0 Å². The van der Waals surface area contributed by atoms with Crippen LogP contribution >= 0.6 is 11.6 Å². The highest BCUT2D eigenvalue weighted by Gasteiger charge is 2.12. The second kappa shape index (κ2) is 9.19. The third kappa shape index (κ3) is 4.64. The molecule has 0 aliphatic heterocycles. The zero-order chi connectivity index (χ0) is 21.7. The van der Waals surface area contributed by atoms with Gasteiger partial charge in [0.2, 0.25) is 5.82 Å². The quantitative estimate of drug-likeness (QED) is 0.619. The molecule has 0 atom stereocenters. The fourth-order valence-electron chi connectivity index (χ4n) is 2.66. The van der Waals surface area contributed by atoms with Crippen LogP contribution in [0.5, 0.6) is 17.2 Å². The summed E-state index contributed by atoms with van der Waals surface area (Å²) in [5.74, 6) is 1.33. The minimum absolute atomic E-state index is 0.156. The topological polar surface area (TPSA) is 104 Å². The van der Waals surface area contributed by atoms with Gasteiger partial charge in [-0.3, -0.25) is 14.7 Å². The van der Waals surface area contributed by atoms with Crippen molar-refractivity contribution in [3.63, 3.8) is 0 Å². The number of ether oxygens (including phenoxy) is 3. The Morgan fingerprint density at radius 3 is 2.30 bits per heavy atom. The van der Waals surface area contributed by atoms with Crippen LogP contribution in [-0.4, -0.2) is 36.9 Å². The monoisotopic (exact) mass is 430 g/mol. The van der Waals surface area contributed by atoms with E-state index in [0.29, 0.717) is 33.6 Å². The number of hydrogen-bond donors (Lipinski definition) is 2. The Bertz CT molecular complexity index is 1110. The van der Waals surface area contributed by atoms with E-state index in [2.05, 4.69) is 15.6 Å². The van der Waals surface area contributed by atoms with Gasteiger partial charge in [-0.05, 0) is 18.2 Å². The summed E-state index contributed by atoms with van der Waals surface area (Å²) in [6.07, 6.45) is 2.86. The molecule has 0 unspecified atom stereocenters. The lowest BCUT2D eigenvalue weighted by Crippen LogP contribution is -2.28. The van der Waals surface area contributed by atoms with Crippen molar-refractivity contribution >= 4 is 29.1 Å². The van der Waals surface area contributed by atoms with Crippen LogP contribution in [0.2, 0.25) is 5.02 Å². The number of urea groups is 1. The number of aromatic nitrogens is 2. The van der Waals surface area contributed by atoms with E-state index in [1.54, 1.807) is 36.4 Å². The maximum absolute atomic E-state index is 12.8. The molecule has 0 bridgehead atoms. The van der Waals surface area contributed by atoms with E-state index < -0.39 is 11.6 Å². The van der Waals surface area contributed by atoms with E-state index in [1.165, 1.54) is 38.3 Å². The Labute approximate surface area is 177 Å². The number of halogens is 1. The number of carbonyl (C=O) groups is 1. The van der Waals surface area contributed by atoms with Gasteiger partial charge in [-0.25, -0.2) is 9.78 Å². The Kier molecular flexibility index (Phi) is 6.43. The number of amides is 2. The minimum Gasteiger partial charge on any atom is -0.497 e. The largest absolute Gasteiger partial charge is 0.497 e. The summed E-state index contributed by atoms with van der Waals surface area (Å²) in [6, 6.07) is 9.12. The fourth-order valence-corrected chi connectivity index (χ4v) is 2.91. The molecule has 9 nitrogen and oxygen atoms in total. The predicted molar refractivity (Wildman–Crippen MR) is 114 cm³/mol. The number of anilines is 2. The van der Waals surface area contributed by atoms with E-state index in [9.17, 15) is 9.59 Å². The second-order valence-electron chi connectivity index (χ2n) is 5.95. The number of nitrogens with zero attached hydrogens (tertiary/aromatic N) is 2. The molecule has 3 aromatic rings. The average Bonchev–Trinajstić information content (AvgIpc) is 2.74. The normalized spacial score (nSPS) is 10.3. The summed E-state index contributed by atoms with van der Waals surface area (Å²) in [5.41, 5.74) is 0.383. The lowest BCUT2D eigenvalue weighted by Gasteiger charge is -2.12. The van der Waals surface area contributed by atoms with Crippen LogP contribution in [0.1, 0.15) is 0 Å². The Morgan fingerprint density at radius 1 is 1.00 bits per heavy atom. The molecule has 0 aliphatic rings. The highest BCUT2D eigenvalue weighted by atomic mass is 35.5. The first-order valence-electron chi connectivity index (χ1n) is 8.67. The molecule has 0 saturated heterocycles. The van der Waals surface area contributed by atoms with Gasteiger partial charge in [-0.1, -0.05) is 11.6 Å². The Morgan fingerprint density at radius 2 is 1.70 bits per heavy atom. The lowest BCUT2D eigenvalue weighted by molar-refractivity contribution is 0.262. The third-order valence-corrected chi connectivity index (χ3v) is 4.39. The first kappa shape index (κ1) is 21.0. The molecule has 3 rings (SSSR count). The first-order chi connectivity index (χ1) is 14.4. The van der Waals surface area contributed by atoms with Crippen LogP contribution in [0.4, 0.5) is 16.3 Å². The highest BCUT2D eigenvalue weighted by molar-refractivity contribution is 6.32. The number of carbonyl (C=O) groups excluding carboxylic acids is 1. The van der Waals surface area contributed by atoms with E-state index in [4.69, 9.17) is 25.8 Å². The van der Waals surface area contributed by atoms with Crippen molar-refractivity contribution in [2.45, 2.75) is 0 Å². The third-order valence-electron chi connectivity index (χ3n) is 4.10. The zero-order valence-corrected chi connectivity index (χ0v) is 17.2. The number of methoxy groups -OCH3 is 3. The Balaban J connectivity index is 1.83. The predicted octanol–water partition coefficient (Wildman–Crippen LogP) is 3.56. The van der Waals surface area contributed by atoms with Gasteiger partial charge in [0.05, 0.1) is 32.0 Å². The van der Waals surface area contributed by atoms with E-state index in [-0.39, 0.29) is 5.82 Å². The maximum Gasteiger partial charge on any atom is 0.325 e. The van der Waals surface area contributed by atoms with Crippen LogP contribution in [0.3, 0.4) is 0 Å². The van der Waals surface area contributed by atoms with E-state index in [0.717, 1.165) is 0 Å². The smallest absolute Gasteiger partial charge is 0.325 e. The van der Waals surface area contributed by atoms with E-state index >= 15 is 0 Å². The first-order valence-corrected chi connectivity index (χ1v) is 9.05. The maximum atomic E-state index is 12.8. The van der Waals surface area contributed by atoms with Crippen LogP contribution in [-0.2, 0) is 0 Å². The van der Waals surface area contributed by atoms with Crippen molar-refractivity contribution in [3.8, 4) is 22.9 Å². The summed E-state index contributed by atoms with van der Waals surface area (Å²) in [4.78, 5) is 29.1. The molecule has 0 spiro atoms. The molecular formula is C20H19ClN4O5. The van der Waals surface area contributed by atoms with Crippen molar-refractivity contribution in [2.24, 2.45) is 0 Å². The van der Waals surface area contributed by atoms with Gasteiger partial charge >= 0.3 is 6.03 Å². The molecule has 2 amide bonds.